The van der Waals surface area contributed by atoms with Crippen LogP contribution in [0.25, 0.3) is 0 Å². The normalized spacial score (nSPS) is 10.1. The van der Waals surface area contributed by atoms with Crippen LogP contribution >= 0.6 is 0 Å². The maximum Gasteiger partial charge on any atom is 0.255 e. The Kier molecular flexibility index (Phi) is 3.57. The van der Waals surface area contributed by atoms with Crippen molar-refractivity contribution < 1.29 is 4.79 Å². The van der Waals surface area contributed by atoms with Gasteiger partial charge in [-0.05, 0) is 24.1 Å². The lowest BCUT2D eigenvalue weighted by atomic mass is 10.1. The monoisotopic (exact) mass is 242 g/mol. The van der Waals surface area contributed by atoms with Crippen molar-refractivity contribution in [1.29, 1.82) is 0 Å². The number of carbonyl (C=O) groups is 1. The van der Waals surface area contributed by atoms with Crippen molar-refractivity contribution in [3.8, 4) is 0 Å². The molecule has 2 N–H and O–H groups in total. The zero-order valence-corrected chi connectivity index (χ0v) is 10.1. The van der Waals surface area contributed by atoms with Crippen LogP contribution in [-0.2, 0) is 6.42 Å². The van der Waals surface area contributed by atoms with Crippen LogP contribution in [0, 0.1) is 0 Å². The minimum Gasteiger partial charge on any atom is -0.366 e. The van der Waals surface area contributed by atoms with E-state index < -0.39 is 0 Å². The number of hydrogen-bond acceptors (Lipinski definition) is 2. The summed E-state index contributed by atoms with van der Waals surface area (Å²) in [5.41, 5.74) is 1.74. The second kappa shape index (κ2) is 5.31. The number of H-pyrrole nitrogens is 1. The topological polar surface area (TPSA) is 62.0 Å². The number of aromatic amines is 1. The highest BCUT2D eigenvalue weighted by Gasteiger charge is 2.07. The fourth-order valence-corrected chi connectivity index (χ4v) is 1.60. The highest BCUT2D eigenvalue weighted by molar-refractivity contribution is 6.04. The first kappa shape index (κ1) is 12.1. The van der Waals surface area contributed by atoms with Crippen molar-refractivity contribution in [3.63, 3.8) is 0 Å². The fraction of sp³-hybridized carbons (Fsp3) is 0.143. The molecule has 18 heavy (non-hydrogen) atoms. The summed E-state index contributed by atoms with van der Waals surface area (Å²) >= 11 is 0. The number of rotatable bonds is 3. The van der Waals surface area contributed by atoms with Crippen LogP contribution in [-0.4, -0.2) is 10.9 Å². The van der Waals surface area contributed by atoms with Crippen molar-refractivity contribution >= 4 is 11.6 Å². The number of pyridine rings is 1. The Bertz CT molecular complexity index is 600. The van der Waals surface area contributed by atoms with E-state index in [9.17, 15) is 9.59 Å². The molecule has 0 aliphatic carbocycles. The van der Waals surface area contributed by atoms with E-state index in [4.69, 9.17) is 0 Å². The van der Waals surface area contributed by atoms with E-state index in [1.54, 1.807) is 12.1 Å². The minimum atomic E-state index is -0.283. The second-order valence-corrected chi connectivity index (χ2v) is 3.93. The molecule has 0 aliphatic rings. The maximum absolute atomic E-state index is 11.9. The third-order valence-corrected chi connectivity index (χ3v) is 2.70. The average Bonchev–Trinajstić information content (AvgIpc) is 2.41. The van der Waals surface area contributed by atoms with Gasteiger partial charge in [-0.15, -0.1) is 0 Å². The van der Waals surface area contributed by atoms with Crippen molar-refractivity contribution in [1.82, 2.24) is 4.98 Å². The van der Waals surface area contributed by atoms with E-state index >= 15 is 0 Å². The van der Waals surface area contributed by atoms with Crippen LogP contribution in [0.1, 0.15) is 22.8 Å². The van der Waals surface area contributed by atoms with Crippen molar-refractivity contribution in [3.05, 3.63) is 64.1 Å². The van der Waals surface area contributed by atoms with Gasteiger partial charge >= 0.3 is 0 Å². The van der Waals surface area contributed by atoms with Gasteiger partial charge in [0.2, 0.25) is 5.43 Å². The lowest BCUT2D eigenvalue weighted by Crippen LogP contribution is -2.17. The molecule has 0 atom stereocenters. The molecule has 0 aliphatic heterocycles. The number of amides is 1. The van der Waals surface area contributed by atoms with E-state index in [0.717, 1.165) is 6.42 Å². The summed E-state index contributed by atoms with van der Waals surface area (Å²) in [6.45, 7) is 2.05. The molecule has 1 heterocycles. The van der Waals surface area contributed by atoms with Gasteiger partial charge in [0.1, 0.15) is 5.69 Å². The van der Waals surface area contributed by atoms with E-state index in [1.807, 2.05) is 12.1 Å². The first-order valence-electron chi connectivity index (χ1n) is 5.78. The predicted molar refractivity (Wildman–Crippen MR) is 70.8 cm³/mol. The molecule has 0 fully saturated rings. The molecule has 0 radical (unpaired) electrons. The van der Waals surface area contributed by atoms with Crippen LogP contribution in [0.15, 0.2) is 47.5 Å². The molecule has 4 nitrogen and oxygen atoms in total. The van der Waals surface area contributed by atoms with Crippen molar-refractivity contribution in [2.45, 2.75) is 13.3 Å². The number of hydrogen-bond donors (Lipinski definition) is 2. The number of benzene rings is 1. The quantitative estimate of drug-likeness (QED) is 0.866. The van der Waals surface area contributed by atoms with Gasteiger partial charge in [0.05, 0.1) is 0 Å². The standard InChI is InChI=1S/C14H14N2O2/c1-2-10-3-5-11(6-4-10)14(18)16-12-9-15-8-7-13(12)17/h3-9H,2H2,1H3,(H,15,17)(H,16,18). The number of nitrogens with one attached hydrogen (secondary N) is 2. The van der Waals surface area contributed by atoms with Gasteiger partial charge in [-0.3, -0.25) is 9.59 Å². The minimum absolute atomic E-state index is 0.215. The van der Waals surface area contributed by atoms with Gasteiger partial charge in [-0.1, -0.05) is 19.1 Å². The molecular weight excluding hydrogens is 228 g/mol. The Labute approximate surface area is 105 Å². The summed E-state index contributed by atoms with van der Waals surface area (Å²) in [6, 6.07) is 8.70. The average molecular weight is 242 g/mol. The van der Waals surface area contributed by atoms with Gasteiger partial charge in [-0.25, -0.2) is 0 Å². The Hall–Kier alpha value is -2.36. The first-order chi connectivity index (χ1) is 8.70. The summed E-state index contributed by atoms with van der Waals surface area (Å²) in [5.74, 6) is -0.283. The van der Waals surface area contributed by atoms with Crippen molar-refractivity contribution in [2.75, 3.05) is 5.32 Å². The van der Waals surface area contributed by atoms with E-state index in [0.29, 0.717) is 5.56 Å². The predicted octanol–water partition coefficient (Wildman–Crippen LogP) is 2.19. The van der Waals surface area contributed by atoms with Gasteiger partial charge in [0.25, 0.3) is 5.91 Å². The summed E-state index contributed by atoms with van der Waals surface area (Å²) in [5, 5.41) is 2.58. The fourth-order valence-electron chi connectivity index (χ4n) is 1.60. The molecule has 92 valence electrons. The van der Waals surface area contributed by atoms with Gasteiger partial charge in [0, 0.05) is 24.0 Å². The van der Waals surface area contributed by atoms with Crippen molar-refractivity contribution in [2.24, 2.45) is 0 Å². The third-order valence-electron chi connectivity index (χ3n) is 2.70. The van der Waals surface area contributed by atoms with E-state index in [1.165, 1.54) is 24.0 Å². The number of carbonyl (C=O) groups excluding carboxylic acids is 1. The Balaban J connectivity index is 2.17. The molecule has 1 amide bonds. The first-order valence-corrected chi connectivity index (χ1v) is 5.78. The highest BCUT2D eigenvalue weighted by Crippen LogP contribution is 2.07. The highest BCUT2D eigenvalue weighted by atomic mass is 16.2. The molecule has 0 saturated heterocycles. The summed E-state index contributed by atoms with van der Waals surface area (Å²) in [7, 11) is 0. The van der Waals surface area contributed by atoms with Gasteiger partial charge in [0.15, 0.2) is 0 Å². The smallest absolute Gasteiger partial charge is 0.255 e. The molecule has 2 aromatic rings. The SMILES string of the molecule is CCc1ccc(C(=O)Nc2c[nH]ccc2=O)cc1. The molecule has 1 aromatic carbocycles. The van der Waals surface area contributed by atoms with Gasteiger partial charge in [-0.2, -0.15) is 0 Å². The number of anilines is 1. The Morgan fingerprint density at radius 3 is 2.56 bits per heavy atom. The summed E-state index contributed by atoms with van der Waals surface area (Å²) < 4.78 is 0. The molecule has 0 saturated carbocycles. The van der Waals surface area contributed by atoms with Crippen LogP contribution in [0.5, 0.6) is 0 Å². The summed E-state index contributed by atoms with van der Waals surface area (Å²) in [4.78, 5) is 26.1. The van der Waals surface area contributed by atoms with Gasteiger partial charge < -0.3 is 10.3 Å². The lowest BCUT2D eigenvalue weighted by molar-refractivity contribution is 0.102. The maximum atomic E-state index is 11.9. The molecule has 2 rings (SSSR count). The molecule has 0 unspecified atom stereocenters. The summed E-state index contributed by atoms with van der Waals surface area (Å²) in [6.07, 6.45) is 3.93. The van der Waals surface area contributed by atoms with E-state index in [2.05, 4.69) is 17.2 Å². The van der Waals surface area contributed by atoms with E-state index in [-0.39, 0.29) is 17.0 Å². The largest absolute Gasteiger partial charge is 0.366 e. The van der Waals surface area contributed by atoms with Crippen LogP contribution in [0.2, 0.25) is 0 Å². The van der Waals surface area contributed by atoms with Crippen LogP contribution in [0.3, 0.4) is 0 Å². The lowest BCUT2D eigenvalue weighted by Gasteiger charge is -2.04. The molecular formula is C14H14N2O2. The molecule has 1 aromatic heterocycles. The second-order valence-electron chi connectivity index (χ2n) is 3.93. The van der Waals surface area contributed by atoms with Crippen LogP contribution < -0.4 is 10.7 Å². The molecule has 0 bridgehead atoms. The number of aryl methyl sites for hydroxylation is 1. The Morgan fingerprint density at radius 1 is 1.22 bits per heavy atom. The number of aromatic nitrogens is 1. The zero-order chi connectivity index (χ0) is 13.0. The molecule has 4 heteroatoms. The third kappa shape index (κ3) is 2.66. The van der Waals surface area contributed by atoms with Crippen LogP contribution in [0.4, 0.5) is 5.69 Å². The zero-order valence-electron chi connectivity index (χ0n) is 10.1. The molecule has 0 spiro atoms. The Morgan fingerprint density at radius 2 is 1.94 bits per heavy atom.